The molecule has 2 heterocycles. The van der Waals surface area contributed by atoms with E-state index in [9.17, 15) is 14.0 Å². The van der Waals surface area contributed by atoms with Gasteiger partial charge in [0.1, 0.15) is 11.6 Å². The molecule has 0 saturated heterocycles. The van der Waals surface area contributed by atoms with E-state index < -0.39 is 17.7 Å². The Kier molecular flexibility index (Phi) is 5.43. The third kappa shape index (κ3) is 3.85. The number of H-pyrrole nitrogens is 2. The van der Waals surface area contributed by atoms with Crippen molar-refractivity contribution in [2.45, 2.75) is 0 Å². The molecular formula is C23H14Cl2FN5O3. The number of carbonyl (C=O) groups excluding carboxylic acids is 2. The van der Waals surface area contributed by atoms with Gasteiger partial charge in [0.15, 0.2) is 0 Å². The van der Waals surface area contributed by atoms with E-state index >= 15 is 0 Å². The molecule has 2 aromatic heterocycles. The number of ether oxygens (including phenoxy) is 1. The van der Waals surface area contributed by atoms with Crippen LogP contribution in [0.1, 0.15) is 20.7 Å². The first-order chi connectivity index (χ1) is 16.3. The molecule has 0 unspecified atom stereocenters. The average molecular weight is 498 g/mol. The summed E-state index contributed by atoms with van der Waals surface area (Å²) in [4.78, 5) is 39.2. The van der Waals surface area contributed by atoms with E-state index in [2.05, 4.69) is 25.3 Å². The van der Waals surface area contributed by atoms with E-state index in [-0.39, 0.29) is 32.9 Å². The SMILES string of the molecule is COC(=O)c1ccc2[nH]c(NC(=O)c3cc(Cl)c4[nH]c(-c5c(F)cccc5Cl)nc4c3)nc2c1. The highest BCUT2D eigenvalue weighted by Crippen LogP contribution is 2.32. The lowest BCUT2D eigenvalue weighted by Gasteiger charge is -2.03. The molecule has 5 rings (SSSR count). The number of amides is 1. The minimum Gasteiger partial charge on any atom is -0.465 e. The fourth-order valence-corrected chi connectivity index (χ4v) is 4.05. The Labute approximate surface area is 201 Å². The second-order valence-corrected chi connectivity index (χ2v) is 8.11. The Hall–Kier alpha value is -3.95. The fraction of sp³-hybridized carbons (Fsp3) is 0.0435. The number of halogens is 3. The summed E-state index contributed by atoms with van der Waals surface area (Å²) in [5, 5.41) is 3.07. The molecule has 0 aliphatic rings. The summed E-state index contributed by atoms with van der Waals surface area (Å²) in [7, 11) is 1.29. The molecule has 3 aromatic carbocycles. The van der Waals surface area contributed by atoms with Gasteiger partial charge < -0.3 is 14.7 Å². The third-order valence-corrected chi connectivity index (χ3v) is 5.76. The van der Waals surface area contributed by atoms with E-state index in [0.717, 1.165) is 0 Å². The summed E-state index contributed by atoms with van der Waals surface area (Å²) in [6.07, 6.45) is 0. The second kappa shape index (κ2) is 8.44. The molecule has 170 valence electrons. The van der Waals surface area contributed by atoms with Crippen molar-refractivity contribution in [2.75, 3.05) is 12.4 Å². The Bertz CT molecular complexity index is 1590. The molecule has 0 spiro atoms. The molecule has 0 saturated carbocycles. The number of nitrogens with zero attached hydrogens (tertiary/aromatic N) is 2. The summed E-state index contributed by atoms with van der Waals surface area (Å²) in [5.74, 6) is -1.16. The minimum atomic E-state index is -0.541. The highest BCUT2D eigenvalue weighted by atomic mass is 35.5. The van der Waals surface area contributed by atoms with Gasteiger partial charge in [-0.3, -0.25) is 10.1 Å². The zero-order valence-electron chi connectivity index (χ0n) is 17.4. The first kappa shape index (κ1) is 21.9. The second-order valence-electron chi connectivity index (χ2n) is 7.30. The van der Waals surface area contributed by atoms with Crippen molar-refractivity contribution >= 4 is 63.1 Å². The fourth-order valence-electron chi connectivity index (χ4n) is 3.53. The lowest BCUT2D eigenvalue weighted by Crippen LogP contribution is -2.13. The van der Waals surface area contributed by atoms with Gasteiger partial charge in [-0.2, -0.15) is 0 Å². The average Bonchev–Trinajstić information content (AvgIpc) is 3.41. The molecule has 0 fully saturated rings. The molecule has 11 heteroatoms. The van der Waals surface area contributed by atoms with Crippen molar-refractivity contribution in [3.63, 3.8) is 0 Å². The van der Waals surface area contributed by atoms with Crippen molar-refractivity contribution in [3.8, 4) is 11.4 Å². The Morgan fingerprint density at radius 1 is 0.971 bits per heavy atom. The van der Waals surface area contributed by atoms with E-state index in [0.29, 0.717) is 27.6 Å². The van der Waals surface area contributed by atoms with Crippen LogP contribution in [-0.4, -0.2) is 38.9 Å². The van der Waals surface area contributed by atoms with Crippen molar-refractivity contribution < 1.29 is 18.7 Å². The number of rotatable bonds is 4. The molecule has 5 aromatic rings. The van der Waals surface area contributed by atoms with Gasteiger partial charge in [-0.1, -0.05) is 29.3 Å². The van der Waals surface area contributed by atoms with Crippen LogP contribution in [0.3, 0.4) is 0 Å². The van der Waals surface area contributed by atoms with E-state index in [1.807, 2.05) is 0 Å². The molecule has 0 aliphatic carbocycles. The van der Waals surface area contributed by atoms with Crippen LogP contribution in [0.2, 0.25) is 10.0 Å². The normalized spacial score (nSPS) is 11.2. The predicted molar refractivity (Wildman–Crippen MR) is 127 cm³/mol. The van der Waals surface area contributed by atoms with Crippen LogP contribution >= 0.6 is 23.2 Å². The lowest BCUT2D eigenvalue weighted by molar-refractivity contribution is 0.0600. The molecule has 34 heavy (non-hydrogen) atoms. The quantitative estimate of drug-likeness (QED) is 0.280. The molecule has 0 aliphatic heterocycles. The van der Waals surface area contributed by atoms with Crippen molar-refractivity contribution in [1.29, 1.82) is 0 Å². The minimum absolute atomic E-state index is 0.107. The van der Waals surface area contributed by atoms with Gasteiger partial charge in [0.2, 0.25) is 5.95 Å². The van der Waals surface area contributed by atoms with Crippen molar-refractivity contribution in [2.24, 2.45) is 0 Å². The van der Waals surface area contributed by atoms with Gasteiger partial charge in [0.25, 0.3) is 5.91 Å². The Morgan fingerprint density at radius 2 is 1.76 bits per heavy atom. The summed E-state index contributed by atoms with van der Waals surface area (Å²) in [6, 6.07) is 12.1. The van der Waals surface area contributed by atoms with Gasteiger partial charge in [0.05, 0.1) is 50.3 Å². The van der Waals surface area contributed by atoms with Gasteiger partial charge in [-0.05, 0) is 42.5 Å². The molecule has 1 amide bonds. The van der Waals surface area contributed by atoms with E-state index in [1.54, 1.807) is 24.3 Å². The van der Waals surface area contributed by atoms with E-state index in [1.165, 1.54) is 31.4 Å². The molecule has 8 nitrogen and oxygen atoms in total. The number of hydrogen-bond donors (Lipinski definition) is 3. The molecule has 3 N–H and O–H groups in total. The molecule has 0 radical (unpaired) electrons. The molecule has 0 atom stereocenters. The number of nitrogens with one attached hydrogen (secondary N) is 3. The van der Waals surface area contributed by atoms with Crippen LogP contribution in [-0.2, 0) is 4.74 Å². The number of carbonyl (C=O) groups is 2. The maximum Gasteiger partial charge on any atom is 0.337 e. The van der Waals surface area contributed by atoms with Crippen LogP contribution in [0.5, 0.6) is 0 Å². The number of fused-ring (bicyclic) bond motifs is 2. The maximum atomic E-state index is 14.3. The van der Waals surface area contributed by atoms with Gasteiger partial charge in [0, 0.05) is 5.56 Å². The first-order valence-corrected chi connectivity index (χ1v) is 10.6. The number of anilines is 1. The number of methoxy groups -OCH3 is 1. The Morgan fingerprint density at radius 3 is 2.53 bits per heavy atom. The summed E-state index contributed by atoms with van der Waals surface area (Å²) in [5.41, 5.74) is 2.55. The zero-order chi connectivity index (χ0) is 24.0. The molecule has 0 bridgehead atoms. The zero-order valence-corrected chi connectivity index (χ0v) is 18.9. The third-order valence-electron chi connectivity index (χ3n) is 5.14. The number of benzene rings is 3. The number of hydrogen-bond acceptors (Lipinski definition) is 5. The summed E-state index contributed by atoms with van der Waals surface area (Å²) >= 11 is 12.5. The van der Waals surface area contributed by atoms with Crippen LogP contribution in [0.25, 0.3) is 33.5 Å². The topological polar surface area (TPSA) is 113 Å². The highest BCUT2D eigenvalue weighted by molar-refractivity contribution is 6.36. The highest BCUT2D eigenvalue weighted by Gasteiger charge is 2.18. The monoisotopic (exact) mass is 497 g/mol. The van der Waals surface area contributed by atoms with E-state index in [4.69, 9.17) is 27.9 Å². The number of imidazole rings is 2. The van der Waals surface area contributed by atoms with Gasteiger partial charge in [-0.15, -0.1) is 0 Å². The van der Waals surface area contributed by atoms with Gasteiger partial charge in [-0.25, -0.2) is 19.2 Å². The molecular weight excluding hydrogens is 484 g/mol. The maximum absolute atomic E-state index is 14.3. The first-order valence-electron chi connectivity index (χ1n) is 9.87. The lowest BCUT2D eigenvalue weighted by atomic mass is 10.2. The summed E-state index contributed by atoms with van der Waals surface area (Å²) < 4.78 is 19.0. The largest absolute Gasteiger partial charge is 0.465 e. The number of aromatic nitrogens is 4. The number of esters is 1. The van der Waals surface area contributed by atoms with Crippen molar-refractivity contribution in [3.05, 3.63) is 75.5 Å². The smallest absolute Gasteiger partial charge is 0.337 e. The predicted octanol–water partition coefficient (Wildman–Crippen LogP) is 5.59. The standard InChI is InChI=1S/C23H14Cl2FN5O3/c1-34-22(33)10-5-6-15-16(8-10)29-23(28-15)31-21(32)11-7-13(25)19-17(9-11)27-20(30-19)18-12(24)3-2-4-14(18)26/h2-9H,1H3,(H,27,30)(H2,28,29,31,32). The number of aromatic amines is 2. The van der Waals surface area contributed by atoms with Crippen LogP contribution < -0.4 is 5.32 Å². The van der Waals surface area contributed by atoms with Crippen LogP contribution in [0.4, 0.5) is 10.3 Å². The van der Waals surface area contributed by atoms with Crippen molar-refractivity contribution in [1.82, 2.24) is 19.9 Å². The van der Waals surface area contributed by atoms with Crippen LogP contribution in [0, 0.1) is 5.82 Å². The summed E-state index contributed by atoms with van der Waals surface area (Å²) in [6.45, 7) is 0. The Balaban J connectivity index is 1.46. The van der Waals surface area contributed by atoms with Crippen LogP contribution in [0.15, 0.2) is 48.5 Å². The van der Waals surface area contributed by atoms with Gasteiger partial charge >= 0.3 is 5.97 Å².